The molecule has 0 aromatic carbocycles. The highest BCUT2D eigenvalue weighted by atomic mass is 79.9. The van der Waals surface area contributed by atoms with E-state index in [4.69, 9.17) is 0 Å². The van der Waals surface area contributed by atoms with Crippen molar-refractivity contribution in [2.24, 2.45) is 0 Å². The highest BCUT2D eigenvalue weighted by Gasteiger charge is 1.61. The summed E-state index contributed by atoms with van der Waals surface area (Å²) in [7, 11) is 3.83. The summed E-state index contributed by atoms with van der Waals surface area (Å²) in [5.41, 5.74) is 0. The van der Waals surface area contributed by atoms with E-state index in [1.54, 1.807) is 0 Å². The van der Waals surface area contributed by atoms with Crippen LogP contribution < -0.4 is 0 Å². The van der Waals surface area contributed by atoms with Crippen LogP contribution >= 0.6 is 33.1 Å². The third kappa shape index (κ3) is 49.6. The lowest BCUT2D eigenvalue weighted by atomic mass is 11.3. The van der Waals surface area contributed by atoms with Gasteiger partial charge in [-0.05, 0) is 14.1 Å². The Morgan fingerprint density at radius 2 is 1.40 bits per heavy atom. The van der Waals surface area contributed by atoms with Crippen molar-refractivity contribution in [2.45, 2.75) is 0 Å². The van der Waals surface area contributed by atoms with Crippen LogP contribution in [-0.2, 0) is 0 Å². The highest BCUT2D eigenvalue weighted by Crippen LogP contribution is 1.77. The average Bonchev–Trinajstić information content (AvgIpc) is 0.811. The molecule has 0 saturated carbocycles. The van der Waals surface area contributed by atoms with E-state index in [2.05, 4.69) is 16.1 Å². The number of halogens is 2. The quantitative estimate of drug-likeness (QED) is 0.540. The molecule has 5 heavy (non-hydrogen) atoms. The summed E-state index contributed by atoms with van der Waals surface area (Å²) < 4.78 is 1.81. The predicted molar refractivity (Wildman–Crippen MR) is 32.9 cm³/mol. The van der Waals surface area contributed by atoms with Gasteiger partial charge in [-0.3, -0.25) is 0 Å². The maximum Gasteiger partial charge on any atom is 0.0114 e. The maximum atomic E-state index is 3.10. The second-order valence-corrected chi connectivity index (χ2v) is 2.20. The summed E-state index contributed by atoms with van der Waals surface area (Å²) in [6.45, 7) is 0. The lowest BCUT2D eigenvalue weighted by molar-refractivity contribution is 0.729. The standard InChI is InChI=1S/C2H6BrN.BrH/c1-4(2)3;/h1-2H3;1H. The molecule has 0 aliphatic rings. The van der Waals surface area contributed by atoms with Crippen molar-refractivity contribution in [3.05, 3.63) is 0 Å². The van der Waals surface area contributed by atoms with Gasteiger partial charge in [-0.15, -0.1) is 17.0 Å². The van der Waals surface area contributed by atoms with Crippen molar-refractivity contribution in [2.75, 3.05) is 14.1 Å². The normalized spacial score (nSPS) is 7.20. The van der Waals surface area contributed by atoms with Crippen molar-refractivity contribution in [1.29, 1.82) is 0 Å². The van der Waals surface area contributed by atoms with E-state index >= 15 is 0 Å². The first-order valence-corrected chi connectivity index (χ1v) is 1.77. The number of hydrogen-bond acceptors (Lipinski definition) is 1. The molecule has 0 aromatic rings. The minimum atomic E-state index is 0. The van der Waals surface area contributed by atoms with Crippen molar-refractivity contribution in [3.63, 3.8) is 0 Å². The first-order valence-electron chi connectivity index (χ1n) is 1.06. The van der Waals surface area contributed by atoms with Gasteiger partial charge in [0.05, 0.1) is 0 Å². The van der Waals surface area contributed by atoms with Crippen LogP contribution in [0.4, 0.5) is 0 Å². The first-order chi connectivity index (χ1) is 1.73. The Labute approximate surface area is 51.5 Å². The van der Waals surface area contributed by atoms with Gasteiger partial charge in [-0.1, -0.05) is 0 Å². The Bertz CT molecular complexity index is 12.4. The summed E-state index contributed by atoms with van der Waals surface area (Å²) >= 11 is 3.10. The van der Waals surface area contributed by atoms with E-state index in [0.29, 0.717) is 0 Å². The van der Waals surface area contributed by atoms with Crippen molar-refractivity contribution in [1.82, 2.24) is 3.93 Å². The lowest BCUT2D eigenvalue weighted by Crippen LogP contribution is -1.88. The SMILES string of the molecule is Br.CN(C)Br. The predicted octanol–water partition coefficient (Wildman–Crippen LogP) is 1.44. The van der Waals surface area contributed by atoms with Gasteiger partial charge >= 0.3 is 0 Å². The van der Waals surface area contributed by atoms with E-state index in [0.717, 1.165) is 0 Å². The molecule has 0 atom stereocenters. The molecular weight excluding hydrogens is 198 g/mol. The first kappa shape index (κ1) is 9.33. The van der Waals surface area contributed by atoms with Crippen LogP contribution in [0.25, 0.3) is 0 Å². The molecule has 0 saturated heterocycles. The maximum absolute atomic E-state index is 3.10. The zero-order valence-corrected chi connectivity index (χ0v) is 6.53. The molecule has 0 N–H and O–H groups in total. The Morgan fingerprint density at radius 1 is 1.40 bits per heavy atom. The molecule has 0 aliphatic heterocycles. The van der Waals surface area contributed by atoms with Gasteiger partial charge in [0.1, 0.15) is 0 Å². The van der Waals surface area contributed by atoms with Crippen LogP contribution in [0, 0.1) is 0 Å². The largest absolute Gasteiger partial charge is 0.249 e. The monoisotopic (exact) mass is 203 g/mol. The second-order valence-electron chi connectivity index (χ2n) is 0.785. The number of hydrogen-bond donors (Lipinski definition) is 0. The molecule has 0 unspecified atom stereocenters. The van der Waals surface area contributed by atoms with Gasteiger partial charge in [0.2, 0.25) is 0 Å². The molecule has 0 heterocycles. The van der Waals surface area contributed by atoms with E-state index in [-0.39, 0.29) is 17.0 Å². The molecular formula is C2H7Br2N. The average molecular weight is 205 g/mol. The summed E-state index contributed by atoms with van der Waals surface area (Å²) in [6.07, 6.45) is 0. The molecule has 0 bridgehead atoms. The van der Waals surface area contributed by atoms with E-state index in [1.165, 1.54) is 0 Å². The van der Waals surface area contributed by atoms with E-state index in [9.17, 15) is 0 Å². The minimum absolute atomic E-state index is 0. The molecule has 0 amide bonds. The van der Waals surface area contributed by atoms with Crippen LogP contribution in [0.1, 0.15) is 0 Å². The van der Waals surface area contributed by atoms with Gasteiger partial charge in [0.25, 0.3) is 0 Å². The zero-order valence-electron chi connectivity index (χ0n) is 3.23. The third-order valence-corrected chi connectivity index (χ3v) is 0. The van der Waals surface area contributed by atoms with Crippen molar-refractivity contribution < 1.29 is 0 Å². The molecule has 0 aromatic heterocycles. The smallest absolute Gasteiger partial charge is 0.0114 e. The number of nitrogens with zero attached hydrogens (tertiary/aromatic N) is 1. The van der Waals surface area contributed by atoms with Crippen LogP contribution in [0.2, 0.25) is 0 Å². The van der Waals surface area contributed by atoms with Gasteiger partial charge < -0.3 is 0 Å². The van der Waals surface area contributed by atoms with Crippen molar-refractivity contribution >= 4 is 33.1 Å². The Balaban J connectivity index is 0. The Morgan fingerprint density at radius 3 is 1.40 bits per heavy atom. The van der Waals surface area contributed by atoms with Crippen LogP contribution in [-0.4, -0.2) is 18.0 Å². The molecule has 34 valence electrons. The summed E-state index contributed by atoms with van der Waals surface area (Å²) in [4.78, 5) is 0. The zero-order chi connectivity index (χ0) is 3.58. The summed E-state index contributed by atoms with van der Waals surface area (Å²) in [5.74, 6) is 0. The molecule has 1 nitrogen and oxygen atoms in total. The molecule has 0 fully saturated rings. The second kappa shape index (κ2) is 4.92. The third-order valence-electron chi connectivity index (χ3n) is 0. The van der Waals surface area contributed by atoms with Gasteiger partial charge in [-0.2, -0.15) is 0 Å². The van der Waals surface area contributed by atoms with Crippen LogP contribution in [0.3, 0.4) is 0 Å². The van der Waals surface area contributed by atoms with Crippen LogP contribution in [0.5, 0.6) is 0 Å². The van der Waals surface area contributed by atoms with Crippen LogP contribution in [0.15, 0.2) is 0 Å². The lowest BCUT2D eigenvalue weighted by Gasteiger charge is -1.86. The Kier molecular flexibility index (Phi) is 9.18. The number of rotatable bonds is 0. The molecule has 0 aliphatic carbocycles. The summed E-state index contributed by atoms with van der Waals surface area (Å²) in [6, 6.07) is 0. The highest BCUT2D eigenvalue weighted by molar-refractivity contribution is 9.07. The fourth-order valence-electron chi connectivity index (χ4n) is 0. The fourth-order valence-corrected chi connectivity index (χ4v) is 0. The molecule has 0 radical (unpaired) electrons. The molecule has 0 spiro atoms. The summed E-state index contributed by atoms with van der Waals surface area (Å²) in [5, 5.41) is 0. The van der Waals surface area contributed by atoms with E-state index < -0.39 is 0 Å². The van der Waals surface area contributed by atoms with Gasteiger partial charge in [-0.25, -0.2) is 3.93 Å². The van der Waals surface area contributed by atoms with Gasteiger partial charge in [0.15, 0.2) is 0 Å². The molecule has 3 heteroatoms. The minimum Gasteiger partial charge on any atom is -0.249 e. The van der Waals surface area contributed by atoms with Crippen molar-refractivity contribution in [3.8, 4) is 0 Å². The topological polar surface area (TPSA) is 3.24 Å². The fraction of sp³-hybridized carbons (Fsp3) is 1.00. The Hall–Kier alpha value is 0.920. The van der Waals surface area contributed by atoms with Gasteiger partial charge in [0, 0.05) is 16.1 Å². The molecule has 0 rings (SSSR count). The van der Waals surface area contributed by atoms with E-state index in [1.807, 2.05) is 18.0 Å².